The van der Waals surface area contributed by atoms with Gasteiger partial charge in [-0.3, -0.25) is 0 Å². The van der Waals surface area contributed by atoms with Crippen molar-refractivity contribution in [1.29, 1.82) is 0 Å². The maximum atomic E-state index is 6.10. The van der Waals surface area contributed by atoms with E-state index >= 15 is 0 Å². The fraction of sp³-hybridized carbons (Fsp3) is 0.167. The van der Waals surface area contributed by atoms with E-state index in [1.54, 1.807) is 18.9 Å². The fourth-order valence-electron chi connectivity index (χ4n) is 3.56. The standard InChI is InChI=1S/C24H23NO2S/c1-16-24(17-9-5-4-6-10-17)19-14-21(26-2)18(13-22(19)27-16)15-25-20-11-7-8-12-23(20)28-3/h4-14,25H,15H2,1-3H3. The SMILES string of the molecule is COc1cc2c(-c3ccccc3)c(C)oc2cc1CNc1ccccc1SC. The van der Waals surface area contributed by atoms with Crippen LogP contribution in [0, 0.1) is 6.92 Å². The topological polar surface area (TPSA) is 34.4 Å². The highest BCUT2D eigenvalue weighted by Crippen LogP contribution is 2.38. The Labute approximate surface area is 169 Å². The number of fused-ring (bicyclic) bond motifs is 1. The number of furan rings is 1. The van der Waals surface area contributed by atoms with Crippen molar-refractivity contribution in [3.8, 4) is 16.9 Å². The first kappa shape index (κ1) is 18.5. The van der Waals surface area contributed by atoms with Gasteiger partial charge in [0.1, 0.15) is 17.1 Å². The molecule has 4 rings (SSSR count). The number of ether oxygens (including phenoxy) is 1. The lowest BCUT2D eigenvalue weighted by molar-refractivity contribution is 0.410. The second kappa shape index (κ2) is 8.03. The van der Waals surface area contributed by atoms with Crippen LogP contribution in [0.3, 0.4) is 0 Å². The third-order valence-corrected chi connectivity index (χ3v) is 5.70. The molecule has 3 nitrogen and oxygen atoms in total. The van der Waals surface area contributed by atoms with Gasteiger partial charge in [-0.25, -0.2) is 0 Å². The number of hydrogen-bond acceptors (Lipinski definition) is 4. The van der Waals surface area contributed by atoms with Gasteiger partial charge in [0.25, 0.3) is 0 Å². The number of methoxy groups -OCH3 is 1. The number of rotatable bonds is 6. The highest BCUT2D eigenvalue weighted by atomic mass is 32.2. The van der Waals surface area contributed by atoms with Gasteiger partial charge < -0.3 is 14.5 Å². The summed E-state index contributed by atoms with van der Waals surface area (Å²) in [5.74, 6) is 1.78. The van der Waals surface area contributed by atoms with Crippen molar-refractivity contribution in [2.45, 2.75) is 18.4 Å². The van der Waals surface area contributed by atoms with Crippen LogP contribution in [0.15, 0.2) is 76.0 Å². The molecule has 0 bridgehead atoms. The summed E-state index contributed by atoms with van der Waals surface area (Å²) < 4.78 is 11.8. The summed E-state index contributed by atoms with van der Waals surface area (Å²) in [6.07, 6.45) is 2.09. The molecule has 0 fully saturated rings. The summed E-state index contributed by atoms with van der Waals surface area (Å²) in [6.45, 7) is 2.68. The lowest BCUT2D eigenvalue weighted by Gasteiger charge is -2.13. The smallest absolute Gasteiger partial charge is 0.135 e. The van der Waals surface area contributed by atoms with E-state index in [1.807, 2.05) is 31.2 Å². The third-order valence-electron chi connectivity index (χ3n) is 4.91. The molecule has 0 unspecified atom stereocenters. The summed E-state index contributed by atoms with van der Waals surface area (Å²) in [5, 5.41) is 4.61. The number of nitrogens with one attached hydrogen (secondary N) is 1. The zero-order valence-corrected chi connectivity index (χ0v) is 17.1. The summed E-state index contributed by atoms with van der Waals surface area (Å²) >= 11 is 1.73. The third kappa shape index (κ3) is 3.48. The summed E-state index contributed by atoms with van der Waals surface area (Å²) in [6, 6.07) is 22.8. The van der Waals surface area contributed by atoms with E-state index < -0.39 is 0 Å². The Kier molecular flexibility index (Phi) is 5.31. The number of hydrogen-bond donors (Lipinski definition) is 1. The zero-order chi connectivity index (χ0) is 19.5. The van der Waals surface area contributed by atoms with Gasteiger partial charge in [-0.15, -0.1) is 11.8 Å². The van der Waals surface area contributed by atoms with Crippen LogP contribution in [0.2, 0.25) is 0 Å². The van der Waals surface area contributed by atoms with E-state index in [9.17, 15) is 0 Å². The van der Waals surface area contributed by atoms with Crippen LogP contribution in [0.1, 0.15) is 11.3 Å². The zero-order valence-electron chi connectivity index (χ0n) is 16.3. The van der Waals surface area contributed by atoms with E-state index in [2.05, 4.69) is 54.0 Å². The molecule has 1 aromatic heterocycles. The van der Waals surface area contributed by atoms with Crippen LogP contribution >= 0.6 is 11.8 Å². The van der Waals surface area contributed by atoms with Gasteiger partial charge in [0.2, 0.25) is 0 Å². The number of anilines is 1. The minimum Gasteiger partial charge on any atom is -0.496 e. The van der Waals surface area contributed by atoms with Crippen LogP contribution < -0.4 is 10.1 Å². The quantitative estimate of drug-likeness (QED) is 0.370. The monoisotopic (exact) mass is 389 g/mol. The van der Waals surface area contributed by atoms with Gasteiger partial charge in [-0.1, -0.05) is 42.5 Å². The molecule has 0 spiro atoms. The second-order valence-electron chi connectivity index (χ2n) is 6.61. The largest absolute Gasteiger partial charge is 0.496 e. The molecule has 0 amide bonds. The van der Waals surface area contributed by atoms with Crippen molar-refractivity contribution in [2.75, 3.05) is 18.7 Å². The Balaban J connectivity index is 1.72. The predicted molar refractivity (Wildman–Crippen MR) is 118 cm³/mol. The first-order valence-electron chi connectivity index (χ1n) is 9.23. The Morgan fingerprint density at radius 2 is 1.75 bits per heavy atom. The molecule has 0 aliphatic carbocycles. The highest BCUT2D eigenvalue weighted by Gasteiger charge is 2.16. The molecule has 0 atom stereocenters. The van der Waals surface area contributed by atoms with Crippen LogP contribution in [0.25, 0.3) is 22.1 Å². The van der Waals surface area contributed by atoms with Crippen molar-refractivity contribution in [2.24, 2.45) is 0 Å². The molecule has 142 valence electrons. The predicted octanol–water partition coefficient (Wildman–Crippen LogP) is 6.75. The Morgan fingerprint density at radius 1 is 1.00 bits per heavy atom. The molecular weight excluding hydrogens is 366 g/mol. The van der Waals surface area contributed by atoms with Gasteiger partial charge in [0.05, 0.1) is 7.11 Å². The Morgan fingerprint density at radius 3 is 2.50 bits per heavy atom. The lowest BCUT2D eigenvalue weighted by atomic mass is 10.0. The number of aryl methyl sites for hydroxylation is 1. The molecule has 3 aromatic carbocycles. The molecule has 1 N–H and O–H groups in total. The molecule has 4 aromatic rings. The summed E-state index contributed by atoms with van der Waals surface area (Å²) in [5.41, 5.74) is 5.35. The van der Waals surface area contributed by atoms with E-state index in [4.69, 9.17) is 9.15 Å². The van der Waals surface area contributed by atoms with E-state index in [0.717, 1.165) is 44.9 Å². The molecule has 0 saturated carbocycles. The van der Waals surface area contributed by atoms with Crippen LogP contribution in [0.4, 0.5) is 5.69 Å². The summed E-state index contributed by atoms with van der Waals surface area (Å²) in [4.78, 5) is 1.22. The van der Waals surface area contributed by atoms with Gasteiger partial charge >= 0.3 is 0 Å². The van der Waals surface area contributed by atoms with Crippen molar-refractivity contribution in [3.05, 3.63) is 78.1 Å². The van der Waals surface area contributed by atoms with Gasteiger partial charge in [-0.2, -0.15) is 0 Å². The maximum absolute atomic E-state index is 6.10. The molecule has 1 heterocycles. The molecule has 0 saturated heterocycles. The van der Waals surface area contributed by atoms with Gasteiger partial charge in [0, 0.05) is 33.6 Å². The number of benzene rings is 3. The molecule has 4 heteroatoms. The van der Waals surface area contributed by atoms with Gasteiger partial charge in [-0.05, 0) is 43.0 Å². The molecule has 0 aliphatic heterocycles. The highest BCUT2D eigenvalue weighted by molar-refractivity contribution is 7.98. The number of para-hydroxylation sites is 1. The molecular formula is C24H23NO2S. The summed E-state index contributed by atoms with van der Waals surface area (Å²) in [7, 11) is 1.72. The van der Waals surface area contributed by atoms with Crippen molar-refractivity contribution in [3.63, 3.8) is 0 Å². The van der Waals surface area contributed by atoms with Crippen LogP contribution in [-0.2, 0) is 6.54 Å². The first-order valence-corrected chi connectivity index (χ1v) is 10.5. The normalized spacial score (nSPS) is 11.0. The van der Waals surface area contributed by atoms with Crippen molar-refractivity contribution in [1.82, 2.24) is 0 Å². The first-order chi connectivity index (χ1) is 13.7. The number of thioether (sulfide) groups is 1. The van der Waals surface area contributed by atoms with E-state index in [-0.39, 0.29) is 0 Å². The minimum absolute atomic E-state index is 0.664. The van der Waals surface area contributed by atoms with Crippen LogP contribution in [0.5, 0.6) is 5.75 Å². The van der Waals surface area contributed by atoms with Gasteiger partial charge in [0.15, 0.2) is 0 Å². The Bertz CT molecular complexity index is 1100. The van der Waals surface area contributed by atoms with E-state index in [0.29, 0.717) is 6.54 Å². The fourth-order valence-corrected chi connectivity index (χ4v) is 4.14. The molecule has 0 aliphatic rings. The van der Waals surface area contributed by atoms with E-state index in [1.165, 1.54) is 4.90 Å². The van der Waals surface area contributed by atoms with Crippen molar-refractivity contribution < 1.29 is 9.15 Å². The molecule has 28 heavy (non-hydrogen) atoms. The van der Waals surface area contributed by atoms with Crippen LogP contribution in [-0.4, -0.2) is 13.4 Å². The molecule has 0 radical (unpaired) electrons. The second-order valence-corrected chi connectivity index (χ2v) is 7.46. The van der Waals surface area contributed by atoms with Crippen molar-refractivity contribution >= 4 is 28.4 Å². The minimum atomic E-state index is 0.664. The maximum Gasteiger partial charge on any atom is 0.135 e. The lowest BCUT2D eigenvalue weighted by Crippen LogP contribution is -2.02. The average molecular weight is 390 g/mol. The average Bonchev–Trinajstić information content (AvgIpc) is 3.06. The Hall–Kier alpha value is -2.85.